The van der Waals surface area contributed by atoms with Crippen LogP contribution in [-0.2, 0) is 11.2 Å². The van der Waals surface area contributed by atoms with Gasteiger partial charge in [0.25, 0.3) is 0 Å². The monoisotopic (exact) mass is 392 g/mol. The van der Waals surface area contributed by atoms with Gasteiger partial charge in [0.2, 0.25) is 0 Å². The fourth-order valence-electron chi connectivity index (χ4n) is 4.03. The Morgan fingerprint density at radius 3 is 3.00 bits per heavy atom. The predicted molar refractivity (Wildman–Crippen MR) is 113 cm³/mol. The Morgan fingerprint density at radius 2 is 2.17 bits per heavy atom. The van der Waals surface area contributed by atoms with Crippen LogP contribution >= 0.6 is 0 Å². The third kappa shape index (κ3) is 5.03. The highest BCUT2D eigenvalue weighted by Crippen LogP contribution is 2.36. The number of rotatable bonds is 8. The zero-order valence-corrected chi connectivity index (χ0v) is 17.0. The SMILES string of the molecule is COC(=O)c1ccncc1N=CCC1CCCc2cc(OCCC3CC3)ccc21. The van der Waals surface area contributed by atoms with Gasteiger partial charge in [-0.05, 0) is 73.3 Å². The average Bonchev–Trinajstić information content (AvgIpc) is 3.58. The predicted octanol–water partition coefficient (Wildman–Crippen LogP) is 5.26. The zero-order chi connectivity index (χ0) is 20.1. The smallest absolute Gasteiger partial charge is 0.340 e. The van der Waals surface area contributed by atoms with Crippen molar-refractivity contribution in [1.29, 1.82) is 0 Å². The van der Waals surface area contributed by atoms with Gasteiger partial charge in [-0.1, -0.05) is 18.9 Å². The molecule has 5 nitrogen and oxygen atoms in total. The van der Waals surface area contributed by atoms with E-state index < -0.39 is 5.97 Å². The summed E-state index contributed by atoms with van der Waals surface area (Å²) < 4.78 is 10.8. The van der Waals surface area contributed by atoms with Crippen LogP contribution in [0.2, 0.25) is 0 Å². The Kier molecular flexibility index (Phi) is 6.23. The number of carbonyl (C=O) groups excluding carboxylic acids is 1. The maximum Gasteiger partial charge on any atom is 0.340 e. The quantitative estimate of drug-likeness (QED) is 0.454. The Bertz CT molecular complexity index is 889. The molecule has 0 bridgehead atoms. The second-order valence-corrected chi connectivity index (χ2v) is 7.96. The molecule has 1 unspecified atom stereocenters. The molecule has 5 heteroatoms. The van der Waals surface area contributed by atoms with Crippen LogP contribution in [0.3, 0.4) is 0 Å². The van der Waals surface area contributed by atoms with Gasteiger partial charge in [-0.3, -0.25) is 9.98 Å². The number of hydrogen-bond donors (Lipinski definition) is 0. The van der Waals surface area contributed by atoms with Crippen molar-refractivity contribution in [3.8, 4) is 5.75 Å². The van der Waals surface area contributed by atoms with Crippen LogP contribution in [0.25, 0.3) is 0 Å². The highest BCUT2D eigenvalue weighted by Gasteiger charge is 2.22. The first-order valence-corrected chi connectivity index (χ1v) is 10.5. The minimum Gasteiger partial charge on any atom is -0.494 e. The largest absolute Gasteiger partial charge is 0.494 e. The number of fused-ring (bicyclic) bond motifs is 1. The lowest BCUT2D eigenvalue weighted by atomic mass is 9.81. The molecule has 0 spiro atoms. The standard InChI is InChI=1S/C24H28N2O3/c1-28-24(27)22-10-12-25-16-23(22)26-13-9-18-3-2-4-19-15-20(7-8-21(18)19)29-14-11-17-5-6-17/h7-8,10,12-13,15-18H,2-6,9,11,14H2,1H3. The van der Waals surface area contributed by atoms with E-state index in [1.807, 2.05) is 6.21 Å². The van der Waals surface area contributed by atoms with Gasteiger partial charge in [-0.2, -0.15) is 0 Å². The van der Waals surface area contributed by atoms with Gasteiger partial charge in [-0.25, -0.2) is 4.79 Å². The minimum absolute atomic E-state index is 0.392. The van der Waals surface area contributed by atoms with E-state index in [1.54, 1.807) is 18.5 Å². The van der Waals surface area contributed by atoms with Gasteiger partial charge >= 0.3 is 5.97 Å². The molecule has 1 saturated carbocycles. The van der Waals surface area contributed by atoms with Gasteiger partial charge in [0.05, 0.1) is 31.2 Å². The molecule has 2 aliphatic carbocycles. The third-order valence-corrected chi connectivity index (χ3v) is 5.87. The summed E-state index contributed by atoms with van der Waals surface area (Å²) in [6.07, 6.45) is 13.3. The van der Waals surface area contributed by atoms with Crippen LogP contribution in [-0.4, -0.2) is 30.9 Å². The number of aryl methyl sites for hydroxylation is 1. The van der Waals surface area contributed by atoms with Gasteiger partial charge in [0, 0.05) is 12.4 Å². The van der Waals surface area contributed by atoms with Gasteiger partial charge in [-0.15, -0.1) is 0 Å². The van der Waals surface area contributed by atoms with Crippen molar-refractivity contribution in [3.05, 3.63) is 53.3 Å². The van der Waals surface area contributed by atoms with Crippen molar-refractivity contribution in [1.82, 2.24) is 4.98 Å². The topological polar surface area (TPSA) is 60.8 Å². The summed E-state index contributed by atoms with van der Waals surface area (Å²) in [6.45, 7) is 0.827. The molecule has 0 N–H and O–H groups in total. The van der Waals surface area contributed by atoms with Gasteiger partial charge in [0.1, 0.15) is 5.75 Å². The number of nitrogens with zero attached hydrogens (tertiary/aromatic N) is 2. The van der Waals surface area contributed by atoms with Crippen LogP contribution in [0.1, 0.15) is 65.9 Å². The number of aliphatic imine (C=N–C) groups is 1. The number of aromatic nitrogens is 1. The van der Waals surface area contributed by atoms with Crippen LogP contribution in [0.4, 0.5) is 5.69 Å². The van der Waals surface area contributed by atoms with Crippen molar-refractivity contribution < 1.29 is 14.3 Å². The number of carbonyl (C=O) groups is 1. The van der Waals surface area contributed by atoms with Crippen molar-refractivity contribution in [2.75, 3.05) is 13.7 Å². The Balaban J connectivity index is 1.40. The van der Waals surface area contributed by atoms with Gasteiger partial charge < -0.3 is 9.47 Å². The van der Waals surface area contributed by atoms with E-state index in [2.05, 4.69) is 28.2 Å². The number of esters is 1. The van der Waals surface area contributed by atoms with Crippen LogP contribution < -0.4 is 4.74 Å². The molecule has 0 saturated heterocycles. The van der Waals surface area contributed by atoms with Gasteiger partial charge in [0.15, 0.2) is 0 Å². The first-order chi connectivity index (χ1) is 14.2. The molecule has 1 aromatic heterocycles. The van der Waals surface area contributed by atoms with Crippen LogP contribution in [0, 0.1) is 5.92 Å². The molecule has 152 valence electrons. The zero-order valence-electron chi connectivity index (χ0n) is 17.0. The Labute approximate surface area is 172 Å². The number of methoxy groups -OCH3 is 1. The highest BCUT2D eigenvalue weighted by atomic mass is 16.5. The molecule has 4 rings (SSSR count). The fourth-order valence-corrected chi connectivity index (χ4v) is 4.03. The summed E-state index contributed by atoms with van der Waals surface area (Å²) >= 11 is 0. The van der Waals surface area contributed by atoms with Crippen molar-refractivity contribution >= 4 is 17.9 Å². The Morgan fingerprint density at radius 1 is 1.28 bits per heavy atom. The van der Waals surface area contributed by atoms with E-state index in [0.29, 0.717) is 17.2 Å². The summed E-state index contributed by atoms with van der Waals surface area (Å²) in [5.41, 5.74) is 3.79. The molecular weight excluding hydrogens is 364 g/mol. The number of pyridine rings is 1. The summed E-state index contributed by atoms with van der Waals surface area (Å²) in [5.74, 6) is 1.95. The summed E-state index contributed by atoms with van der Waals surface area (Å²) in [5, 5.41) is 0. The van der Waals surface area contributed by atoms with E-state index in [9.17, 15) is 4.79 Å². The molecule has 0 aliphatic heterocycles. The number of benzene rings is 1. The lowest BCUT2D eigenvalue weighted by molar-refractivity contribution is 0.0601. The molecule has 1 fully saturated rings. The maximum atomic E-state index is 11.9. The molecule has 1 heterocycles. The molecule has 0 amide bonds. The van der Waals surface area contributed by atoms with E-state index in [1.165, 1.54) is 43.9 Å². The highest BCUT2D eigenvalue weighted by molar-refractivity contribution is 5.95. The molecule has 29 heavy (non-hydrogen) atoms. The van der Waals surface area contributed by atoms with E-state index in [-0.39, 0.29) is 0 Å². The average molecular weight is 392 g/mol. The minimum atomic E-state index is -0.392. The van der Waals surface area contributed by atoms with Crippen molar-refractivity contribution in [2.24, 2.45) is 10.9 Å². The summed E-state index contributed by atoms with van der Waals surface area (Å²) in [4.78, 5) is 20.5. The number of hydrogen-bond acceptors (Lipinski definition) is 5. The van der Waals surface area contributed by atoms with Crippen molar-refractivity contribution in [3.63, 3.8) is 0 Å². The molecule has 1 aromatic carbocycles. The Hall–Kier alpha value is -2.69. The van der Waals surface area contributed by atoms with E-state index >= 15 is 0 Å². The van der Waals surface area contributed by atoms with E-state index in [4.69, 9.17) is 9.47 Å². The fraction of sp³-hybridized carbons (Fsp3) is 0.458. The lowest BCUT2D eigenvalue weighted by Crippen LogP contribution is -2.11. The normalized spacial score (nSPS) is 18.4. The molecule has 1 atom stereocenters. The first kappa shape index (κ1) is 19.6. The summed E-state index contributed by atoms with van der Waals surface area (Å²) in [6, 6.07) is 8.20. The second kappa shape index (κ2) is 9.21. The molecule has 2 aromatic rings. The van der Waals surface area contributed by atoms with Crippen molar-refractivity contribution in [2.45, 2.75) is 50.9 Å². The third-order valence-electron chi connectivity index (χ3n) is 5.87. The lowest BCUT2D eigenvalue weighted by Gasteiger charge is -2.25. The van der Waals surface area contributed by atoms with Crippen LogP contribution in [0.5, 0.6) is 5.75 Å². The molecular formula is C24H28N2O3. The number of ether oxygens (including phenoxy) is 2. The van der Waals surface area contributed by atoms with E-state index in [0.717, 1.165) is 37.5 Å². The first-order valence-electron chi connectivity index (χ1n) is 10.5. The van der Waals surface area contributed by atoms with Crippen LogP contribution in [0.15, 0.2) is 41.7 Å². The maximum absolute atomic E-state index is 11.9. The summed E-state index contributed by atoms with van der Waals surface area (Å²) in [7, 11) is 1.37. The molecule has 2 aliphatic rings. The second-order valence-electron chi connectivity index (χ2n) is 7.96. The molecule has 0 radical (unpaired) electrons.